The maximum Gasteiger partial charge on any atom is 0.0992 e. The van der Waals surface area contributed by atoms with E-state index in [0.29, 0.717) is 11.1 Å². The zero-order valence-electron chi connectivity index (χ0n) is 11.9. The second-order valence-corrected chi connectivity index (χ2v) is 4.27. The molecule has 0 aliphatic carbocycles. The molecule has 2 aromatic rings. The van der Waals surface area contributed by atoms with Crippen LogP contribution in [0.25, 0.3) is 0 Å². The Morgan fingerprint density at radius 2 is 1.00 bits per heavy atom. The minimum absolute atomic E-state index is 0.367. The molecule has 0 unspecified atom stereocenters. The highest BCUT2D eigenvalue weighted by Gasteiger charge is 1.96. The summed E-state index contributed by atoms with van der Waals surface area (Å²) < 4.78 is 0. The van der Waals surface area contributed by atoms with E-state index < -0.39 is 0 Å². The van der Waals surface area contributed by atoms with Gasteiger partial charge in [-0.2, -0.15) is 0 Å². The number of hydrogen-bond donors (Lipinski definition) is 0. The van der Waals surface area contributed by atoms with E-state index in [1.165, 1.54) is 0 Å². The molecule has 2 aromatic carbocycles. The minimum Gasteiger partial charge on any atom is -0.114 e. The van der Waals surface area contributed by atoms with E-state index in [2.05, 4.69) is 35.5 Å². The first-order valence-corrected chi connectivity index (χ1v) is 6.65. The van der Waals surface area contributed by atoms with Gasteiger partial charge in [0.05, 0.1) is 11.1 Å². The summed E-state index contributed by atoms with van der Waals surface area (Å²) in [5.41, 5.74) is 2.62. The highest BCUT2D eigenvalue weighted by atomic mass is 13.9. The van der Waals surface area contributed by atoms with Gasteiger partial charge < -0.3 is 0 Å². The third-order valence-corrected chi connectivity index (χ3v) is 2.75. The molecule has 0 aliphatic heterocycles. The van der Waals surface area contributed by atoms with Crippen molar-refractivity contribution in [2.24, 2.45) is 0 Å². The fourth-order valence-corrected chi connectivity index (χ4v) is 1.65. The quantitative estimate of drug-likeness (QED) is 0.644. The predicted octanol–water partition coefficient (Wildman–Crippen LogP) is 3.65. The van der Waals surface area contributed by atoms with Crippen LogP contribution in [0.1, 0.15) is 11.1 Å². The molecule has 0 fully saturated rings. The predicted molar refractivity (Wildman–Crippen MR) is 91.3 cm³/mol. The second kappa shape index (κ2) is 7.88. The van der Waals surface area contributed by atoms with Crippen molar-refractivity contribution in [1.29, 1.82) is 0 Å². The van der Waals surface area contributed by atoms with Crippen LogP contribution in [0.3, 0.4) is 0 Å². The van der Waals surface area contributed by atoms with Crippen molar-refractivity contribution in [3.05, 3.63) is 82.9 Å². The van der Waals surface area contributed by atoms with E-state index in [9.17, 15) is 0 Å². The molecule has 0 atom stereocenters. The molecular formula is C22H12. The Hall–Kier alpha value is -3.58. The van der Waals surface area contributed by atoms with Crippen LogP contribution >= 0.6 is 0 Å². The first-order valence-electron chi connectivity index (χ1n) is 6.65. The van der Waals surface area contributed by atoms with Crippen LogP contribution in [-0.4, -0.2) is 0 Å². The molecule has 22 heavy (non-hydrogen) atoms. The largest absolute Gasteiger partial charge is 0.114 e. The van der Waals surface area contributed by atoms with E-state index in [1.54, 1.807) is 0 Å². The van der Waals surface area contributed by atoms with Crippen molar-refractivity contribution in [1.82, 2.24) is 0 Å². The Labute approximate surface area is 131 Å². The zero-order chi connectivity index (χ0) is 15.6. The molecular weight excluding hydrogens is 264 g/mol. The molecule has 0 bridgehead atoms. The van der Waals surface area contributed by atoms with Gasteiger partial charge in [-0.25, -0.2) is 0 Å². The average molecular weight is 276 g/mol. The van der Waals surface area contributed by atoms with Crippen LogP contribution < -0.4 is 0 Å². The summed E-state index contributed by atoms with van der Waals surface area (Å²) in [5.74, 6) is 16.9. The molecule has 0 nitrogen and oxygen atoms in total. The highest BCUT2D eigenvalue weighted by molar-refractivity contribution is 5.61. The molecule has 0 spiro atoms. The van der Waals surface area contributed by atoms with E-state index in [0.717, 1.165) is 11.1 Å². The van der Waals surface area contributed by atoms with Crippen LogP contribution in [0.15, 0.2) is 71.8 Å². The van der Waals surface area contributed by atoms with Crippen molar-refractivity contribution in [3.63, 3.8) is 0 Å². The maximum absolute atomic E-state index is 5.44. The number of rotatable bonds is 0. The van der Waals surface area contributed by atoms with Crippen molar-refractivity contribution >= 4 is 0 Å². The molecule has 0 aliphatic rings. The number of allylic oxidation sites excluding steroid dienone is 2. The number of hydrogen-bond acceptors (Lipinski definition) is 0. The average Bonchev–Trinajstić information content (AvgIpc) is 2.59. The standard InChI is InChI=1S/C22H12/c1-3-21(4-2)22(17-15-19-11-7-5-8-12-19)18-16-20-13-9-6-10-14-20/h1-2,5-14H. The van der Waals surface area contributed by atoms with Crippen LogP contribution in [0, 0.1) is 48.4 Å². The lowest BCUT2D eigenvalue weighted by molar-refractivity contribution is 1.64. The van der Waals surface area contributed by atoms with Crippen molar-refractivity contribution in [2.45, 2.75) is 0 Å². The Morgan fingerprint density at radius 3 is 1.36 bits per heavy atom. The molecule has 0 saturated carbocycles. The molecule has 0 amide bonds. The molecule has 0 heteroatoms. The Bertz CT molecular complexity index is 800. The van der Waals surface area contributed by atoms with Crippen molar-refractivity contribution < 1.29 is 0 Å². The molecule has 0 heterocycles. The molecule has 0 saturated heterocycles. The van der Waals surface area contributed by atoms with Gasteiger partial charge >= 0.3 is 0 Å². The van der Waals surface area contributed by atoms with Gasteiger partial charge in [0.25, 0.3) is 0 Å². The monoisotopic (exact) mass is 276 g/mol. The minimum atomic E-state index is 0.367. The van der Waals surface area contributed by atoms with E-state index in [4.69, 9.17) is 12.8 Å². The lowest BCUT2D eigenvalue weighted by atomic mass is 10.1. The van der Waals surface area contributed by atoms with Crippen molar-refractivity contribution in [3.8, 4) is 48.4 Å². The Balaban J connectivity index is 2.42. The van der Waals surface area contributed by atoms with Gasteiger partial charge in [-0.1, -0.05) is 71.9 Å². The van der Waals surface area contributed by atoms with E-state index >= 15 is 0 Å². The van der Waals surface area contributed by atoms with Gasteiger partial charge in [0.1, 0.15) is 0 Å². The second-order valence-electron chi connectivity index (χ2n) is 4.27. The summed E-state index contributed by atoms with van der Waals surface area (Å²) in [5, 5.41) is 0. The van der Waals surface area contributed by atoms with Gasteiger partial charge in [0.2, 0.25) is 0 Å². The SMILES string of the molecule is C#CC(C#C)=C(C#Cc1ccccc1)C#Cc1ccccc1. The summed E-state index contributed by atoms with van der Waals surface area (Å²) >= 11 is 0. The van der Waals surface area contributed by atoms with Crippen LogP contribution in [0.4, 0.5) is 0 Å². The molecule has 100 valence electrons. The highest BCUT2D eigenvalue weighted by Crippen LogP contribution is 2.04. The first kappa shape index (κ1) is 14.8. The first-order chi connectivity index (χ1) is 10.8. The molecule has 0 N–H and O–H groups in total. The van der Waals surface area contributed by atoms with Gasteiger partial charge in [-0.15, -0.1) is 12.8 Å². The summed E-state index contributed by atoms with van der Waals surface area (Å²) in [6.07, 6.45) is 10.9. The van der Waals surface area contributed by atoms with Crippen LogP contribution in [0.5, 0.6) is 0 Å². The maximum atomic E-state index is 5.44. The normalized spacial score (nSPS) is 8.09. The molecule has 2 rings (SSSR count). The zero-order valence-corrected chi connectivity index (χ0v) is 11.9. The lowest BCUT2D eigenvalue weighted by Crippen LogP contribution is -1.84. The summed E-state index contributed by atoms with van der Waals surface area (Å²) in [6.45, 7) is 0. The number of benzene rings is 2. The summed E-state index contributed by atoms with van der Waals surface area (Å²) in [6, 6.07) is 19.2. The Morgan fingerprint density at radius 1 is 0.591 bits per heavy atom. The van der Waals surface area contributed by atoms with Crippen LogP contribution in [0.2, 0.25) is 0 Å². The van der Waals surface area contributed by atoms with Gasteiger partial charge in [0, 0.05) is 11.1 Å². The third-order valence-electron chi connectivity index (χ3n) is 2.75. The summed E-state index contributed by atoms with van der Waals surface area (Å²) in [4.78, 5) is 0. The molecule has 0 aromatic heterocycles. The molecule has 0 radical (unpaired) electrons. The lowest BCUT2D eigenvalue weighted by Gasteiger charge is -1.92. The Kier molecular flexibility index (Phi) is 5.31. The fourth-order valence-electron chi connectivity index (χ4n) is 1.65. The van der Waals surface area contributed by atoms with Gasteiger partial charge in [0.15, 0.2) is 0 Å². The van der Waals surface area contributed by atoms with E-state index in [1.807, 2.05) is 60.7 Å². The van der Waals surface area contributed by atoms with Crippen molar-refractivity contribution in [2.75, 3.05) is 0 Å². The number of terminal acetylenes is 2. The topological polar surface area (TPSA) is 0 Å². The van der Waals surface area contributed by atoms with Gasteiger partial charge in [-0.05, 0) is 24.3 Å². The van der Waals surface area contributed by atoms with Gasteiger partial charge in [-0.3, -0.25) is 0 Å². The van der Waals surface area contributed by atoms with E-state index in [-0.39, 0.29) is 0 Å². The fraction of sp³-hybridized carbons (Fsp3) is 0. The smallest absolute Gasteiger partial charge is 0.0992 e. The summed E-state index contributed by atoms with van der Waals surface area (Å²) in [7, 11) is 0. The van der Waals surface area contributed by atoms with Crippen LogP contribution in [-0.2, 0) is 0 Å². The third kappa shape index (κ3) is 4.22.